The molecule has 4 aliphatic rings. The van der Waals surface area contributed by atoms with Crippen molar-refractivity contribution in [2.24, 2.45) is 0 Å². The van der Waals surface area contributed by atoms with Crippen molar-refractivity contribution in [1.29, 1.82) is 0 Å². The molecule has 0 unspecified atom stereocenters. The highest BCUT2D eigenvalue weighted by Crippen LogP contribution is 2.52. The van der Waals surface area contributed by atoms with Crippen LogP contribution in [0.3, 0.4) is 0 Å². The maximum absolute atomic E-state index is 10.5. The van der Waals surface area contributed by atoms with Crippen LogP contribution in [0.25, 0.3) is 11.1 Å². The summed E-state index contributed by atoms with van der Waals surface area (Å²) in [6.07, 6.45) is -2.67. The summed E-state index contributed by atoms with van der Waals surface area (Å²) < 4.78 is 5.99. The van der Waals surface area contributed by atoms with Crippen molar-refractivity contribution >= 4 is 0 Å². The predicted molar refractivity (Wildman–Crippen MR) is 108 cm³/mol. The van der Waals surface area contributed by atoms with E-state index >= 15 is 0 Å². The summed E-state index contributed by atoms with van der Waals surface area (Å²) in [4.78, 5) is 0. The number of phenolic OH excluding ortho intramolecular Hbond substituents is 1. The molecule has 1 spiro atoms. The molecule has 4 N–H and O–H groups in total. The minimum absolute atomic E-state index is 0.0110. The molecule has 1 aromatic rings. The standard InChI is InChI=1S/C24H24O5/c25-19-7-6-14(10-15-11-16-4-2-1-3-5-17(16)12-15)13-18(19)22-20(26)21(27)23(28)24(29-22)8-9-24/h1-7,11-13,20-23,25-28H,8-10H2/t20-,21-,22+,23+/m1/s1. The van der Waals surface area contributed by atoms with E-state index in [-0.39, 0.29) is 5.75 Å². The van der Waals surface area contributed by atoms with Gasteiger partial charge in [-0.1, -0.05) is 48.5 Å². The first kappa shape index (κ1) is 18.6. The van der Waals surface area contributed by atoms with Crippen molar-refractivity contribution in [3.8, 4) is 16.9 Å². The SMILES string of the molecule is Oc1ccc(Cc2cc3cccccc-3c2)cc1[C@@H]1OC2(CC2)[C@@H](O)[C@H](O)[C@H]1O. The molecule has 3 aliphatic carbocycles. The number of hydrogen-bond acceptors (Lipinski definition) is 5. The largest absolute Gasteiger partial charge is 0.508 e. The average Bonchev–Trinajstić information content (AvgIpc) is 3.44. The Labute approximate surface area is 169 Å². The van der Waals surface area contributed by atoms with Gasteiger partial charge in [-0.05, 0) is 53.6 Å². The van der Waals surface area contributed by atoms with Crippen molar-refractivity contribution in [2.45, 2.75) is 49.3 Å². The molecule has 4 atom stereocenters. The van der Waals surface area contributed by atoms with E-state index in [4.69, 9.17) is 4.74 Å². The number of ether oxygens (including phenoxy) is 1. The number of aromatic hydroxyl groups is 1. The molecule has 1 aromatic carbocycles. The summed E-state index contributed by atoms with van der Waals surface area (Å²) >= 11 is 0. The highest BCUT2D eigenvalue weighted by molar-refractivity contribution is 5.68. The highest BCUT2D eigenvalue weighted by atomic mass is 16.6. The second-order valence-corrected chi connectivity index (χ2v) is 8.28. The molecule has 5 nitrogen and oxygen atoms in total. The van der Waals surface area contributed by atoms with Gasteiger partial charge >= 0.3 is 0 Å². The fourth-order valence-electron chi connectivity index (χ4n) is 4.41. The molecular formula is C24H24O5. The van der Waals surface area contributed by atoms with Crippen LogP contribution >= 0.6 is 0 Å². The minimum atomic E-state index is -1.31. The summed E-state index contributed by atoms with van der Waals surface area (Å²) in [7, 11) is 0. The van der Waals surface area contributed by atoms with Crippen LogP contribution in [-0.4, -0.2) is 44.3 Å². The molecule has 0 bridgehead atoms. The second-order valence-electron chi connectivity index (χ2n) is 8.28. The minimum Gasteiger partial charge on any atom is -0.508 e. The molecule has 2 fully saturated rings. The van der Waals surface area contributed by atoms with Crippen LogP contribution in [0, 0.1) is 0 Å². The van der Waals surface area contributed by atoms with Gasteiger partial charge in [0.25, 0.3) is 0 Å². The molecule has 1 heterocycles. The first-order valence-corrected chi connectivity index (χ1v) is 9.98. The lowest BCUT2D eigenvalue weighted by Crippen LogP contribution is -2.55. The number of aliphatic hydroxyl groups is 3. The Morgan fingerprint density at radius 1 is 0.828 bits per heavy atom. The van der Waals surface area contributed by atoms with Gasteiger partial charge in [0.1, 0.15) is 30.2 Å². The van der Waals surface area contributed by atoms with Crippen LogP contribution in [0.4, 0.5) is 0 Å². The van der Waals surface area contributed by atoms with Gasteiger partial charge in [0.15, 0.2) is 0 Å². The Balaban J connectivity index is 1.45. The van der Waals surface area contributed by atoms with Gasteiger partial charge in [-0.3, -0.25) is 0 Å². The van der Waals surface area contributed by atoms with Crippen LogP contribution < -0.4 is 0 Å². The lowest BCUT2D eigenvalue weighted by atomic mass is 9.88. The number of benzene rings is 1. The first-order valence-electron chi connectivity index (χ1n) is 9.98. The van der Waals surface area contributed by atoms with Crippen LogP contribution in [0.1, 0.15) is 35.6 Å². The molecule has 5 rings (SSSR count). The van der Waals surface area contributed by atoms with Crippen LogP contribution in [0.15, 0.2) is 60.7 Å². The Bertz CT molecular complexity index is 981. The van der Waals surface area contributed by atoms with E-state index < -0.39 is 30.0 Å². The molecule has 0 amide bonds. The molecule has 1 saturated carbocycles. The highest BCUT2D eigenvalue weighted by Gasteiger charge is 2.60. The normalized spacial score (nSPS) is 28.0. The van der Waals surface area contributed by atoms with Crippen molar-refractivity contribution in [1.82, 2.24) is 0 Å². The predicted octanol–water partition coefficient (Wildman–Crippen LogP) is 2.77. The van der Waals surface area contributed by atoms with E-state index in [1.807, 2.05) is 30.3 Å². The first-order chi connectivity index (χ1) is 14.0. The average molecular weight is 392 g/mol. The quantitative estimate of drug-likeness (QED) is 0.550. The molecule has 1 saturated heterocycles. The maximum Gasteiger partial charge on any atom is 0.121 e. The van der Waals surface area contributed by atoms with Gasteiger partial charge in [-0.15, -0.1) is 0 Å². The molecule has 0 aromatic heterocycles. The summed E-state index contributed by atoms with van der Waals surface area (Å²) in [5.41, 5.74) is 4.09. The van der Waals surface area contributed by atoms with E-state index in [1.54, 1.807) is 6.07 Å². The van der Waals surface area contributed by atoms with Gasteiger partial charge in [-0.2, -0.15) is 0 Å². The molecule has 5 heteroatoms. The number of fused-ring (bicyclic) bond motifs is 1. The Morgan fingerprint density at radius 3 is 2.17 bits per heavy atom. The molecule has 29 heavy (non-hydrogen) atoms. The smallest absolute Gasteiger partial charge is 0.121 e. The van der Waals surface area contributed by atoms with Crippen molar-refractivity contribution in [3.63, 3.8) is 0 Å². The van der Waals surface area contributed by atoms with E-state index in [2.05, 4.69) is 24.3 Å². The Hall–Kier alpha value is -2.44. The second kappa shape index (κ2) is 6.82. The Kier molecular flexibility index (Phi) is 4.37. The van der Waals surface area contributed by atoms with Gasteiger partial charge < -0.3 is 25.2 Å². The lowest BCUT2D eigenvalue weighted by Gasteiger charge is -2.41. The summed E-state index contributed by atoms with van der Waals surface area (Å²) in [6.45, 7) is 0. The monoisotopic (exact) mass is 392 g/mol. The zero-order chi connectivity index (χ0) is 20.2. The number of phenols is 1. The van der Waals surface area contributed by atoms with Gasteiger partial charge in [0.2, 0.25) is 0 Å². The zero-order valence-corrected chi connectivity index (χ0v) is 15.9. The Morgan fingerprint density at radius 2 is 1.52 bits per heavy atom. The van der Waals surface area contributed by atoms with Crippen LogP contribution in [0.2, 0.25) is 0 Å². The summed E-state index contributed by atoms with van der Waals surface area (Å²) in [6, 6.07) is 19.7. The molecule has 150 valence electrons. The molecular weight excluding hydrogens is 368 g/mol. The zero-order valence-electron chi connectivity index (χ0n) is 15.9. The van der Waals surface area contributed by atoms with Crippen LogP contribution in [0.5, 0.6) is 5.75 Å². The summed E-state index contributed by atoms with van der Waals surface area (Å²) in [5, 5.41) is 41.4. The topological polar surface area (TPSA) is 90.2 Å². The van der Waals surface area contributed by atoms with Crippen LogP contribution in [-0.2, 0) is 11.2 Å². The third-order valence-electron chi connectivity index (χ3n) is 6.22. The third-order valence-corrected chi connectivity index (χ3v) is 6.22. The van der Waals surface area contributed by atoms with E-state index in [0.717, 1.165) is 11.1 Å². The van der Waals surface area contributed by atoms with Gasteiger partial charge in [-0.25, -0.2) is 0 Å². The number of rotatable bonds is 3. The molecule has 1 aliphatic heterocycles. The van der Waals surface area contributed by atoms with Crippen molar-refractivity contribution in [2.75, 3.05) is 0 Å². The fourth-order valence-corrected chi connectivity index (χ4v) is 4.41. The third kappa shape index (κ3) is 3.20. The van der Waals surface area contributed by atoms with E-state index in [0.29, 0.717) is 24.8 Å². The number of hydrogen-bond donors (Lipinski definition) is 4. The number of aliphatic hydroxyl groups excluding tert-OH is 3. The lowest BCUT2D eigenvalue weighted by molar-refractivity contribution is -0.236. The van der Waals surface area contributed by atoms with E-state index in [1.165, 1.54) is 11.1 Å². The maximum atomic E-state index is 10.5. The van der Waals surface area contributed by atoms with Gasteiger partial charge in [0, 0.05) is 5.56 Å². The van der Waals surface area contributed by atoms with Crippen molar-refractivity contribution in [3.05, 3.63) is 77.4 Å². The van der Waals surface area contributed by atoms with Crippen molar-refractivity contribution < 1.29 is 25.2 Å². The van der Waals surface area contributed by atoms with E-state index in [9.17, 15) is 20.4 Å². The summed E-state index contributed by atoms with van der Waals surface area (Å²) in [5.74, 6) is 0.0110. The molecule has 0 radical (unpaired) electrons. The van der Waals surface area contributed by atoms with Gasteiger partial charge in [0.05, 0.1) is 5.60 Å². The fraction of sp³-hybridized carbons (Fsp3) is 0.333.